The van der Waals surface area contributed by atoms with Crippen LogP contribution in [0.25, 0.3) is 0 Å². The minimum absolute atomic E-state index is 0.769. The van der Waals surface area contributed by atoms with E-state index in [1.165, 1.54) is 5.57 Å². The maximum absolute atomic E-state index is 5.17. The van der Waals surface area contributed by atoms with Gasteiger partial charge in [-0.05, 0) is 18.5 Å². The molecule has 0 fully saturated rings. The van der Waals surface area contributed by atoms with Gasteiger partial charge in [-0.3, -0.25) is 9.58 Å². The SMILES string of the molecule is CCNCc1cn(CCN2CC=C(COC)CC2)nn1. The van der Waals surface area contributed by atoms with E-state index < -0.39 is 0 Å². The first kappa shape index (κ1) is 15.2. The molecule has 6 heteroatoms. The molecule has 1 N–H and O–H groups in total. The Bertz CT molecular complexity index is 429. The Hall–Kier alpha value is -1.24. The molecule has 2 rings (SSSR count). The summed E-state index contributed by atoms with van der Waals surface area (Å²) < 4.78 is 7.10. The molecule has 6 nitrogen and oxygen atoms in total. The summed E-state index contributed by atoms with van der Waals surface area (Å²) in [5, 5.41) is 11.6. The van der Waals surface area contributed by atoms with Crippen LogP contribution in [0.4, 0.5) is 0 Å². The molecule has 0 aliphatic carbocycles. The average Bonchev–Trinajstić information content (AvgIpc) is 2.93. The molecule has 20 heavy (non-hydrogen) atoms. The van der Waals surface area contributed by atoms with Crippen molar-refractivity contribution in [1.29, 1.82) is 0 Å². The normalized spacial score (nSPS) is 16.4. The highest BCUT2D eigenvalue weighted by Gasteiger charge is 2.11. The predicted octanol–water partition coefficient (Wildman–Crippen LogP) is 0.666. The van der Waals surface area contributed by atoms with Gasteiger partial charge in [0.05, 0.1) is 18.8 Å². The number of hydrogen-bond donors (Lipinski definition) is 1. The van der Waals surface area contributed by atoms with Gasteiger partial charge in [0.15, 0.2) is 0 Å². The van der Waals surface area contributed by atoms with E-state index in [9.17, 15) is 0 Å². The van der Waals surface area contributed by atoms with Crippen LogP contribution >= 0.6 is 0 Å². The summed E-state index contributed by atoms with van der Waals surface area (Å²) in [7, 11) is 1.75. The molecule has 0 aromatic carbocycles. The molecule has 1 aromatic rings. The minimum Gasteiger partial charge on any atom is -0.380 e. The molecule has 0 unspecified atom stereocenters. The van der Waals surface area contributed by atoms with Crippen LogP contribution in [-0.2, 0) is 17.8 Å². The lowest BCUT2D eigenvalue weighted by molar-refractivity contribution is 0.209. The number of rotatable bonds is 8. The second-order valence-electron chi connectivity index (χ2n) is 5.10. The van der Waals surface area contributed by atoms with Crippen LogP contribution in [0.15, 0.2) is 17.8 Å². The maximum Gasteiger partial charge on any atom is 0.0964 e. The lowest BCUT2D eigenvalue weighted by Gasteiger charge is -2.25. The summed E-state index contributed by atoms with van der Waals surface area (Å²) in [5.41, 5.74) is 2.42. The highest BCUT2D eigenvalue weighted by Crippen LogP contribution is 2.10. The summed E-state index contributed by atoms with van der Waals surface area (Å²) in [5.74, 6) is 0. The monoisotopic (exact) mass is 279 g/mol. The summed E-state index contributed by atoms with van der Waals surface area (Å²) in [6.07, 6.45) is 5.42. The van der Waals surface area contributed by atoms with E-state index >= 15 is 0 Å². The molecule has 0 saturated heterocycles. The van der Waals surface area contributed by atoms with Crippen molar-refractivity contribution >= 4 is 0 Å². The van der Waals surface area contributed by atoms with Crippen LogP contribution in [0, 0.1) is 0 Å². The van der Waals surface area contributed by atoms with Crippen molar-refractivity contribution in [2.45, 2.75) is 26.4 Å². The zero-order valence-corrected chi connectivity index (χ0v) is 12.5. The lowest BCUT2D eigenvalue weighted by atomic mass is 10.1. The Balaban J connectivity index is 1.72. The third-order valence-corrected chi connectivity index (χ3v) is 3.50. The van der Waals surface area contributed by atoms with Crippen LogP contribution in [-0.4, -0.2) is 59.8 Å². The van der Waals surface area contributed by atoms with E-state index in [1.54, 1.807) is 7.11 Å². The molecule has 1 aliphatic rings. The van der Waals surface area contributed by atoms with Gasteiger partial charge in [-0.1, -0.05) is 18.2 Å². The summed E-state index contributed by atoms with van der Waals surface area (Å²) >= 11 is 0. The first-order chi connectivity index (χ1) is 9.81. The minimum atomic E-state index is 0.769. The van der Waals surface area contributed by atoms with E-state index in [-0.39, 0.29) is 0 Å². The molecule has 0 radical (unpaired) electrons. The van der Waals surface area contributed by atoms with Gasteiger partial charge in [-0.2, -0.15) is 0 Å². The Morgan fingerprint density at radius 3 is 3.00 bits per heavy atom. The van der Waals surface area contributed by atoms with Crippen LogP contribution in [0.5, 0.6) is 0 Å². The Morgan fingerprint density at radius 2 is 2.30 bits per heavy atom. The van der Waals surface area contributed by atoms with Crippen molar-refractivity contribution in [3.05, 3.63) is 23.5 Å². The zero-order valence-electron chi connectivity index (χ0n) is 12.5. The fraction of sp³-hybridized carbons (Fsp3) is 0.714. The van der Waals surface area contributed by atoms with Crippen molar-refractivity contribution in [2.24, 2.45) is 0 Å². The first-order valence-corrected chi connectivity index (χ1v) is 7.30. The largest absolute Gasteiger partial charge is 0.380 e. The van der Waals surface area contributed by atoms with Crippen LogP contribution < -0.4 is 5.32 Å². The van der Waals surface area contributed by atoms with Crippen LogP contribution in [0.2, 0.25) is 0 Å². The second-order valence-corrected chi connectivity index (χ2v) is 5.10. The molecule has 0 spiro atoms. The molecular formula is C14H25N5O. The Kier molecular flexibility index (Phi) is 6.17. The Labute approximate surface area is 120 Å². The molecule has 1 aliphatic heterocycles. The topological polar surface area (TPSA) is 55.2 Å². The van der Waals surface area contributed by atoms with Gasteiger partial charge in [-0.15, -0.1) is 5.10 Å². The third-order valence-electron chi connectivity index (χ3n) is 3.50. The van der Waals surface area contributed by atoms with E-state index in [4.69, 9.17) is 4.74 Å². The molecular weight excluding hydrogens is 254 g/mol. The molecule has 0 saturated carbocycles. The van der Waals surface area contributed by atoms with Crippen molar-refractivity contribution < 1.29 is 4.74 Å². The number of nitrogens with one attached hydrogen (secondary N) is 1. The third kappa shape index (κ3) is 4.70. The van der Waals surface area contributed by atoms with E-state index in [1.807, 2.05) is 10.9 Å². The van der Waals surface area contributed by atoms with E-state index in [2.05, 4.69) is 33.5 Å². The number of ether oxygens (including phenoxy) is 1. The van der Waals surface area contributed by atoms with Gasteiger partial charge in [0, 0.05) is 39.5 Å². The predicted molar refractivity (Wildman–Crippen MR) is 78.4 cm³/mol. The molecule has 0 bridgehead atoms. The highest BCUT2D eigenvalue weighted by atomic mass is 16.5. The standard InChI is InChI=1S/C14H25N5O/c1-3-15-10-14-11-19(17-16-14)9-8-18-6-4-13(5-7-18)12-20-2/h4,11,15H,3,5-10,12H2,1-2H3. The summed E-state index contributed by atoms with van der Waals surface area (Å²) in [4.78, 5) is 2.44. The van der Waals surface area contributed by atoms with Crippen molar-refractivity contribution in [3.63, 3.8) is 0 Å². The van der Waals surface area contributed by atoms with Crippen LogP contribution in [0.1, 0.15) is 19.0 Å². The van der Waals surface area contributed by atoms with Gasteiger partial charge >= 0.3 is 0 Å². The maximum atomic E-state index is 5.17. The number of hydrogen-bond acceptors (Lipinski definition) is 5. The van der Waals surface area contributed by atoms with Gasteiger partial charge in [0.25, 0.3) is 0 Å². The fourth-order valence-electron chi connectivity index (χ4n) is 2.30. The Morgan fingerprint density at radius 1 is 1.40 bits per heavy atom. The van der Waals surface area contributed by atoms with Gasteiger partial charge in [0.1, 0.15) is 0 Å². The average molecular weight is 279 g/mol. The number of methoxy groups -OCH3 is 1. The molecule has 0 atom stereocenters. The lowest BCUT2D eigenvalue weighted by Crippen LogP contribution is -2.32. The fourth-order valence-corrected chi connectivity index (χ4v) is 2.30. The molecule has 0 amide bonds. The van der Waals surface area contributed by atoms with Crippen molar-refractivity contribution in [2.75, 3.05) is 39.9 Å². The molecule has 1 aromatic heterocycles. The second kappa shape index (κ2) is 8.14. The highest BCUT2D eigenvalue weighted by molar-refractivity contribution is 5.07. The zero-order chi connectivity index (χ0) is 14.2. The number of aromatic nitrogens is 3. The summed E-state index contributed by atoms with van der Waals surface area (Å²) in [6.45, 7) is 8.63. The summed E-state index contributed by atoms with van der Waals surface area (Å²) in [6, 6.07) is 0. The molecule has 112 valence electrons. The van der Waals surface area contributed by atoms with Crippen LogP contribution in [0.3, 0.4) is 0 Å². The van der Waals surface area contributed by atoms with Gasteiger partial charge in [-0.25, -0.2) is 0 Å². The first-order valence-electron chi connectivity index (χ1n) is 7.30. The van der Waals surface area contributed by atoms with Crippen molar-refractivity contribution in [1.82, 2.24) is 25.2 Å². The van der Waals surface area contributed by atoms with E-state index in [0.29, 0.717) is 0 Å². The van der Waals surface area contributed by atoms with Gasteiger partial charge < -0.3 is 10.1 Å². The van der Waals surface area contributed by atoms with Gasteiger partial charge in [0.2, 0.25) is 0 Å². The van der Waals surface area contributed by atoms with E-state index in [0.717, 1.165) is 58.0 Å². The quantitative estimate of drug-likeness (QED) is 0.709. The van der Waals surface area contributed by atoms with Crippen molar-refractivity contribution in [3.8, 4) is 0 Å². The number of nitrogens with zero attached hydrogens (tertiary/aromatic N) is 4. The smallest absolute Gasteiger partial charge is 0.0964 e. The molecule has 2 heterocycles.